The number of nitro groups is 1. The van der Waals surface area contributed by atoms with Gasteiger partial charge in [0.2, 0.25) is 0 Å². The predicted octanol–water partition coefficient (Wildman–Crippen LogP) is 4.23. The molecule has 21 heavy (non-hydrogen) atoms. The Labute approximate surface area is 130 Å². The Morgan fingerprint density at radius 1 is 1.19 bits per heavy atom. The summed E-state index contributed by atoms with van der Waals surface area (Å²) in [7, 11) is 0. The number of nitro benzene ring substituents is 1. The predicted molar refractivity (Wildman–Crippen MR) is 84.7 cm³/mol. The highest BCUT2D eigenvalue weighted by molar-refractivity contribution is 9.10. The smallest absolute Gasteiger partial charge is 0.285 e. The van der Waals surface area contributed by atoms with Crippen molar-refractivity contribution in [3.05, 3.63) is 67.7 Å². The number of amides is 1. The molecular weight excluding hydrogens is 336 g/mol. The van der Waals surface area contributed by atoms with Crippen LogP contribution in [0.15, 0.2) is 40.9 Å². The van der Waals surface area contributed by atoms with Crippen molar-refractivity contribution in [3.8, 4) is 0 Å². The second kappa shape index (κ2) is 6.05. The first kappa shape index (κ1) is 15.2. The van der Waals surface area contributed by atoms with Gasteiger partial charge in [-0.25, -0.2) is 0 Å². The van der Waals surface area contributed by atoms with Gasteiger partial charge in [-0.3, -0.25) is 14.9 Å². The number of benzene rings is 2. The molecule has 0 spiro atoms. The highest BCUT2D eigenvalue weighted by Crippen LogP contribution is 2.25. The van der Waals surface area contributed by atoms with Crippen LogP contribution in [-0.2, 0) is 0 Å². The lowest BCUT2D eigenvalue weighted by Gasteiger charge is -2.09. The van der Waals surface area contributed by atoms with Gasteiger partial charge in [0.25, 0.3) is 11.6 Å². The molecule has 0 aliphatic heterocycles. The number of hydrogen-bond donors (Lipinski definition) is 1. The normalized spacial score (nSPS) is 10.2. The lowest BCUT2D eigenvalue weighted by Crippen LogP contribution is -2.15. The van der Waals surface area contributed by atoms with Gasteiger partial charge in [0.15, 0.2) is 0 Å². The average molecular weight is 349 g/mol. The van der Waals surface area contributed by atoms with Gasteiger partial charge in [0, 0.05) is 15.7 Å². The van der Waals surface area contributed by atoms with E-state index >= 15 is 0 Å². The summed E-state index contributed by atoms with van der Waals surface area (Å²) in [6.07, 6.45) is 0. The molecule has 0 fully saturated rings. The Balaban J connectivity index is 2.37. The Kier molecular flexibility index (Phi) is 4.37. The second-order valence-corrected chi connectivity index (χ2v) is 5.56. The van der Waals surface area contributed by atoms with E-state index in [9.17, 15) is 14.9 Å². The second-order valence-electron chi connectivity index (χ2n) is 4.64. The molecule has 0 saturated carbocycles. The summed E-state index contributed by atoms with van der Waals surface area (Å²) >= 11 is 3.35. The molecule has 0 unspecified atom stereocenters. The maximum Gasteiger partial charge on any atom is 0.285 e. The molecule has 6 heteroatoms. The average Bonchev–Trinajstić information content (AvgIpc) is 2.41. The minimum absolute atomic E-state index is 0.0577. The van der Waals surface area contributed by atoms with Crippen LogP contribution in [0.25, 0.3) is 0 Å². The van der Waals surface area contributed by atoms with Gasteiger partial charge in [-0.2, -0.15) is 0 Å². The number of rotatable bonds is 3. The van der Waals surface area contributed by atoms with Crippen LogP contribution in [0.4, 0.5) is 11.4 Å². The molecule has 0 atom stereocenters. The molecule has 2 aromatic carbocycles. The number of carbonyl (C=O) groups excluding carboxylic acids is 1. The minimum atomic E-state index is -0.529. The van der Waals surface area contributed by atoms with Crippen LogP contribution in [0.5, 0.6) is 0 Å². The monoisotopic (exact) mass is 348 g/mol. The maximum atomic E-state index is 12.3. The minimum Gasteiger partial charge on any atom is -0.322 e. The maximum absolute atomic E-state index is 12.3. The van der Waals surface area contributed by atoms with E-state index in [0.29, 0.717) is 11.3 Å². The lowest BCUT2D eigenvalue weighted by molar-refractivity contribution is -0.385. The molecule has 0 aliphatic rings. The lowest BCUT2D eigenvalue weighted by atomic mass is 10.1. The van der Waals surface area contributed by atoms with E-state index in [-0.39, 0.29) is 11.3 Å². The molecule has 1 N–H and O–H groups in total. The van der Waals surface area contributed by atoms with Crippen LogP contribution >= 0.6 is 15.9 Å². The summed E-state index contributed by atoms with van der Waals surface area (Å²) in [5.74, 6) is -0.490. The van der Waals surface area contributed by atoms with Gasteiger partial charge in [-0.05, 0) is 43.7 Å². The Morgan fingerprint density at radius 3 is 2.52 bits per heavy atom. The fraction of sp³-hybridized carbons (Fsp3) is 0.133. The molecule has 108 valence electrons. The van der Waals surface area contributed by atoms with Gasteiger partial charge < -0.3 is 5.32 Å². The van der Waals surface area contributed by atoms with Crippen LogP contribution < -0.4 is 5.32 Å². The van der Waals surface area contributed by atoms with Crippen LogP contribution in [0.1, 0.15) is 21.5 Å². The van der Waals surface area contributed by atoms with E-state index in [1.807, 2.05) is 13.0 Å². The zero-order chi connectivity index (χ0) is 15.6. The fourth-order valence-corrected chi connectivity index (χ4v) is 2.52. The molecule has 0 aliphatic carbocycles. The van der Waals surface area contributed by atoms with E-state index in [1.54, 1.807) is 31.2 Å². The highest BCUT2D eigenvalue weighted by Gasteiger charge is 2.22. The van der Waals surface area contributed by atoms with E-state index < -0.39 is 10.8 Å². The van der Waals surface area contributed by atoms with Crippen LogP contribution in [0, 0.1) is 24.0 Å². The van der Waals surface area contributed by atoms with E-state index in [4.69, 9.17) is 0 Å². The molecular formula is C15H13BrN2O3. The first-order chi connectivity index (χ1) is 9.90. The SMILES string of the molecule is Cc1cc(Br)ccc1NC(=O)c1cccc(C)c1[N+](=O)[O-]. The number of hydrogen-bond acceptors (Lipinski definition) is 3. The number of anilines is 1. The summed E-state index contributed by atoms with van der Waals surface area (Å²) in [6, 6.07) is 10.1. The third kappa shape index (κ3) is 3.28. The van der Waals surface area contributed by atoms with Gasteiger partial charge >= 0.3 is 0 Å². The van der Waals surface area contributed by atoms with Crippen molar-refractivity contribution in [1.82, 2.24) is 0 Å². The largest absolute Gasteiger partial charge is 0.322 e. The quantitative estimate of drug-likeness (QED) is 0.666. The Hall–Kier alpha value is -2.21. The molecule has 2 aromatic rings. The molecule has 0 saturated heterocycles. The molecule has 1 amide bonds. The summed E-state index contributed by atoms with van der Waals surface area (Å²) in [4.78, 5) is 22.9. The number of nitrogens with zero attached hydrogens (tertiary/aromatic N) is 1. The zero-order valence-electron chi connectivity index (χ0n) is 11.5. The number of halogens is 1. The van der Waals surface area contributed by atoms with Gasteiger partial charge in [-0.1, -0.05) is 28.1 Å². The third-order valence-electron chi connectivity index (χ3n) is 3.10. The van der Waals surface area contributed by atoms with Crippen LogP contribution in [0.3, 0.4) is 0 Å². The van der Waals surface area contributed by atoms with Gasteiger partial charge in [0.05, 0.1) is 4.92 Å². The number of nitrogens with one attached hydrogen (secondary N) is 1. The summed E-state index contributed by atoms with van der Waals surface area (Å²) in [5, 5.41) is 13.8. The van der Waals surface area contributed by atoms with Crippen molar-refractivity contribution in [2.45, 2.75) is 13.8 Å². The Morgan fingerprint density at radius 2 is 1.90 bits per heavy atom. The van der Waals surface area contributed by atoms with E-state index in [0.717, 1.165) is 10.0 Å². The van der Waals surface area contributed by atoms with Crippen molar-refractivity contribution in [3.63, 3.8) is 0 Å². The first-order valence-electron chi connectivity index (χ1n) is 6.21. The topological polar surface area (TPSA) is 72.2 Å². The number of aryl methyl sites for hydroxylation is 2. The fourth-order valence-electron chi connectivity index (χ4n) is 2.04. The molecule has 0 bridgehead atoms. The van der Waals surface area contributed by atoms with Crippen molar-refractivity contribution in [1.29, 1.82) is 0 Å². The third-order valence-corrected chi connectivity index (χ3v) is 3.59. The summed E-state index contributed by atoms with van der Waals surface area (Å²) in [6.45, 7) is 3.46. The number of carbonyl (C=O) groups is 1. The summed E-state index contributed by atoms with van der Waals surface area (Å²) in [5.41, 5.74) is 1.85. The van der Waals surface area contributed by atoms with E-state index in [1.165, 1.54) is 6.07 Å². The first-order valence-corrected chi connectivity index (χ1v) is 7.01. The molecule has 0 heterocycles. The molecule has 5 nitrogen and oxygen atoms in total. The van der Waals surface area contributed by atoms with Crippen molar-refractivity contribution in [2.75, 3.05) is 5.32 Å². The van der Waals surface area contributed by atoms with Crippen molar-refractivity contribution >= 4 is 33.2 Å². The molecule has 2 rings (SSSR count). The van der Waals surface area contributed by atoms with E-state index in [2.05, 4.69) is 21.2 Å². The molecule has 0 radical (unpaired) electrons. The Bertz CT molecular complexity index is 729. The van der Waals surface area contributed by atoms with Gasteiger partial charge in [-0.15, -0.1) is 0 Å². The summed E-state index contributed by atoms with van der Waals surface area (Å²) < 4.78 is 0.902. The highest BCUT2D eigenvalue weighted by atomic mass is 79.9. The van der Waals surface area contributed by atoms with Crippen LogP contribution in [0.2, 0.25) is 0 Å². The molecule has 0 aromatic heterocycles. The van der Waals surface area contributed by atoms with Crippen molar-refractivity contribution < 1.29 is 9.72 Å². The standard InChI is InChI=1S/C15H13BrN2O3/c1-9-4-3-5-12(14(9)18(20)21)15(19)17-13-7-6-11(16)8-10(13)2/h3-8H,1-2H3,(H,17,19). The van der Waals surface area contributed by atoms with Gasteiger partial charge in [0.1, 0.15) is 5.56 Å². The van der Waals surface area contributed by atoms with Crippen molar-refractivity contribution in [2.24, 2.45) is 0 Å². The van der Waals surface area contributed by atoms with Crippen LogP contribution in [-0.4, -0.2) is 10.8 Å². The zero-order valence-corrected chi connectivity index (χ0v) is 13.1. The number of para-hydroxylation sites is 1.